The van der Waals surface area contributed by atoms with Gasteiger partial charge in [0, 0.05) is 11.5 Å². The van der Waals surface area contributed by atoms with Gasteiger partial charge in [-0.25, -0.2) is 4.68 Å². The Kier molecular flexibility index (Phi) is 5.06. The van der Waals surface area contributed by atoms with E-state index in [1.807, 2.05) is 17.7 Å². The lowest BCUT2D eigenvalue weighted by Crippen LogP contribution is -2.14. The van der Waals surface area contributed by atoms with Gasteiger partial charge < -0.3 is 9.84 Å². The minimum absolute atomic E-state index is 0.164. The smallest absolute Gasteiger partial charge is 0.236 e. The Hall–Kier alpha value is -3.20. The normalized spacial score (nSPS) is 11.2. The first-order valence-electron chi connectivity index (χ1n) is 9.07. The lowest BCUT2D eigenvalue weighted by Gasteiger charge is -2.09. The highest BCUT2D eigenvalue weighted by Gasteiger charge is 2.17. The molecule has 4 aromatic rings. The monoisotopic (exact) mass is 408 g/mol. The molecule has 9 heteroatoms. The molecule has 29 heavy (non-hydrogen) atoms. The second-order valence-electron chi connectivity index (χ2n) is 6.84. The van der Waals surface area contributed by atoms with E-state index < -0.39 is 0 Å². The number of aryl methyl sites for hydroxylation is 4. The van der Waals surface area contributed by atoms with Gasteiger partial charge in [-0.3, -0.25) is 4.79 Å². The minimum Gasteiger partial charge on any atom is -0.360 e. The third-order valence-electron chi connectivity index (χ3n) is 4.62. The molecule has 1 amide bonds. The molecule has 0 saturated heterocycles. The van der Waals surface area contributed by atoms with Gasteiger partial charge in [0.05, 0.1) is 23.3 Å². The molecule has 0 spiro atoms. The van der Waals surface area contributed by atoms with Crippen molar-refractivity contribution in [2.24, 2.45) is 0 Å². The summed E-state index contributed by atoms with van der Waals surface area (Å²) in [6, 6.07) is 7.85. The first kappa shape index (κ1) is 19.1. The van der Waals surface area contributed by atoms with Crippen LogP contribution in [0.15, 0.2) is 40.0 Å². The zero-order valence-electron chi connectivity index (χ0n) is 16.6. The van der Waals surface area contributed by atoms with E-state index in [0.717, 1.165) is 22.3 Å². The van der Waals surface area contributed by atoms with E-state index in [1.165, 1.54) is 22.9 Å². The van der Waals surface area contributed by atoms with Gasteiger partial charge in [-0.1, -0.05) is 23.0 Å². The molecule has 0 bridgehead atoms. The van der Waals surface area contributed by atoms with Gasteiger partial charge in [0.2, 0.25) is 5.91 Å². The average Bonchev–Trinajstić information content (AvgIpc) is 3.31. The van der Waals surface area contributed by atoms with Crippen LogP contribution < -0.4 is 5.32 Å². The van der Waals surface area contributed by atoms with Crippen LogP contribution in [0, 0.1) is 27.7 Å². The van der Waals surface area contributed by atoms with Crippen LogP contribution in [0.1, 0.15) is 22.6 Å². The fourth-order valence-corrected chi connectivity index (χ4v) is 3.70. The van der Waals surface area contributed by atoms with Crippen LogP contribution in [-0.4, -0.2) is 36.8 Å². The Morgan fingerprint density at radius 2 is 1.97 bits per heavy atom. The maximum Gasteiger partial charge on any atom is 0.236 e. The van der Waals surface area contributed by atoms with Gasteiger partial charge >= 0.3 is 0 Å². The Morgan fingerprint density at radius 3 is 2.69 bits per heavy atom. The molecule has 8 nitrogen and oxygen atoms in total. The number of rotatable bonds is 5. The third-order valence-corrected chi connectivity index (χ3v) is 5.58. The fraction of sp³-hybridized carbons (Fsp3) is 0.250. The van der Waals surface area contributed by atoms with Crippen molar-refractivity contribution in [3.05, 3.63) is 53.0 Å². The fourth-order valence-electron chi connectivity index (χ4n) is 2.93. The van der Waals surface area contributed by atoms with E-state index in [0.29, 0.717) is 16.6 Å². The lowest BCUT2D eigenvalue weighted by atomic mass is 10.1. The van der Waals surface area contributed by atoms with Crippen LogP contribution in [0.2, 0.25) is 0 Å². The molecule has 0 fully saturated rings. The molecule has 3 heterocycles. The molecule has 0 radical (unpaired) electrons. The van der Waals surface area contributed by atoms with Crippen molar-refractivity contribution in [1.29, 1.82) is 0 Å². The largest absolute Gasteiger partial charge is 0.360 e. The Balaban J connectivity index is 1.64. The number of hydrogen-bond acceptors (Lipinski definition) is 7. The second kappa shape index (κ2) is 7.67. The molecule has 0 aliphatic rings. The van der Waals surface area contributed by atoms with Crippen LogP contribution in [0.5, 0.6) is 0 Å². The molecule has 4 rings (SSSR count). The average molecular weight is 408 g/mol. The maximum atomic E-state index is 12.3. The minimum atomic E-state index is -0.198. The van der Waals surface area contributed by atoms with E-state index in [-0.39, 0.29) is 11.7 Å². The number of nitrogens with one attached hydrogen (secondary N) is 1. The van der Waals surface area contributed by atoms with Gasteiger partial charge in [0.25, 0.3) is 0 Å². The summed E-state index contributed by atoms with van der Waals surface area (Å²) in [5.41, 5.74) is 4.98. The van der Waals surface area contributed by atoms with Crippen LogP contribution in [-0.2, 0) is 4.79 Å². The highest BCUT2D eigenvalue weighted by molar-refractivity contribution is 8.00. The standard InChI is InChI=1S/C20H20N6O2S/c1-11-5-6-15(7-12(11)2)26-19-16(9-21-26)14(4)23-24-20(19)29-10-18(27)22-17-8-13(3)28-25-17/h5-9H,10H2,1-4H3,(H,22,25,27). The van der Waals surface area contributed by atoms with Gasteiger partial charge in [-0.15, -0.1) is 5.10 Å². The number of nitrogens with zero attached hydrogens (tertiary/aromatic N) is 5. The van der Waals surface area contributed by atoms with Crippen molar-refractivity contribution in [3.63, 3.8) is 0 Å². The molecule has 0 atom stereocenters. The summed E-state index contributed by atoms with van der Waals surface area (Å²) in [7, 11) is 0. The highest BCUT2D eigenvalue weighted by atomic mass is 32.2. The summed E-state index contributed by atoms with van der Waals surface area (Å²) < 4.78 is 6.82. The predicted octanol–water partition coefficient (Wildman–Crippen LogP) is 3.77. The van der Waals surface area contributed by atoms with Crippen molar-refractivity contribution >= 4 is 34.4 Å². The second-order valence-corrected chi connectivity index (χ2v) is 7.80. The molecule has 148 valence electrons. The number of carbonyl (C=O) groups is 1. The first-order chi connectivity index (χ1) is 13.9. The van der Waals surface area contributed by atoms with Crippen molar-refractivity contribution in [3.8, 4) is 5.69 Å². The summed E-state index contributed by atoms with van der Waals surface area (Å²) in [6.07, 6.45) is 1.79. The molecular weight excluding hydrogens is 388 g/mol. The van der Waals surface area contributed by atoms with Crippen LogP contribution in [0.3, 0.4) is 0 Å². The van der Waals surface area contributed by atoms with Gasteiger partial charge in [-0.05, 0) is 51.0 Å². The Morgan fingerprint density at radius 1 is 1.14 bits per heavy atom. The van der Waals surface area contributed by atoms with Gasteiger partial charge in [0.1, 0.15) is 16.3 Å². The number of thioether (sulfide) groups is 1. The lowest BCUT2D eigenvalue weighted by molar-refractivity contribution is -0.113. The van der Waals surface area contributed by atoms with Crippen LogP contribution in [0.25, 0.3) is 16.6 Å². The number of aromatic nitrogens is 5. The van der Waals surface area contributed by atoms with Crippen molar-refractivity contribution in [1.82, 2.24) is 25.1 Å². The number of carbonyl (C=O) groups excluding carboxylic acids is 1. The van der Waals surface area contributed by atoms with E-state index in [2.05, 4.69) is 51.7 Å². The number of anilines is 1. The quantitative estimate of drug-likeness (QED) is 0.502. The number of hydrogen-bond donors (Lipinski definition) is 1. The van der Waals surface area contributed by atoms with Crippen molar-refractivity contribution in [2.45, 2.75) is 32.7 Å². The maximum absolute atomic E-state index is 12.3. The zero-order chi connectivity index (χ0) is 20.5. The summed E-state index contributed by atoms with van der Waals surface area (Å²) in [4.78, 5) is 12.3. The van der Waals surface area contributed by atoms with E-state index in [1.54, 1.807) is 19.2 Å². The summed E-state index contributed by atoms with van der Waals surface area (Å²) in [5.74, 6) is 0.998. The molecule has 1 N–H and O–H groups in total. The first-order valence-corrected chi connectivity index (χ1v) is 10.1. The predicted molar refractivity (Wildman–Crippen MR) is 111 cm³/mol. The summed E-state index contributed by atoms with van der Waals surface area (Å²) >= 11 is 1.31. The SMILES string of the molecule is Cc1cc(NC(=O)CSc2nnc(C)c3cnn(-c4ccc(C)c(C)c4)c23)no1. The van der Waals surface area contributed by atoms with E-state index in [9.17, 15) is 4.79 Å². The van der Waals surface area contributed by atoms with Crippen molar-refractivity contribution < 1.29 is 9.32 Å². The summed E-state index contributed by atoms with van der Waals surface area (Å²) in [5, 5.41) is 21.2. The topological polar surface area (TPSA) is 98.7 Å². The number of fused-ring (bicyclic) bond motifs is 1. The van der Waals surface area contributed by atoms with Crippen LogP contribution in [0.4, 0.5) is 5.82 Å². The van der Waals surface area contributed by atoms with E-state index in [4.69, 9.17) is 4.52 Å². The highest BCUT2D eigenvalue weighted by Crippen LogP contribution is 2.29. The Labute approximate surface area is 171 Å². The molecule has 3 aromatic heterocycles. The van der Waals surface area contributed by atoms with Crippen molar-refractivity contribution in [2.75, 3.05) is 11.1 Å². The van der Waals surface area contributed by atoms with E-state index >= 15 is 0 Å². The van der Waals surface area contributed by atoms with Gasteiger partial charge in [0.15, 0.2) is 5.82 Å². The molecule has 1 aromatic carbocycles. The van der Waals surface area contributed by atoms with Gasteiger partial charge in [-0.2, -0.15) is 10.2 Å². The van der Waals surface area contributed by atoms with Crippen LogP contribution >= 0.6 is 11.8 Å². The zero-order valence-corrected chi connectivity index (χ0v) is 17.4. The molecule has 0 saturated carbocycles. The molecule has 0 unspecified atom stereocenters. The Bertz CT molecular complexity index is 1210. The third kappa shape index (κ3) is 3.86. The summed E-state index contributed by atoms with van der Waals surface area (Å²) in [6.45, 7) is 7.81. The number of benzene rings is 1. The molecule has 0 aliphatic carbocycles. The molecular formula is C20H20N6O2S. The molecule has 0 aliphatic heterocycles. The number of amides is 1.